The van der Waals surface area contributed by atoms with Crippen molar-refractivity contribution in [1.29, 1.82) is 0 Å². The second kappa shape index (κ2) is 4.77. The molecule has 0 aliphatic carbocycles. The Hall–Kier alpha value is -0.520. The summed E-state index contributed by atoms with van der Waals surface area (Å²) < 4.78 is 5.75. The summed E-state index contributed by atoms with van der Waals surface area (Å²) in [7, 11) is 0. The molecule has 2 heterocycles. The van der Waals surface area contributed by atoms with Crippen LogP contribution >= 0.6 is 11.3 Å². The Morgan fingerprint density at radius 2 is 2.31 bits per heavy atom. The van der Waals surface area contributed by atoms with Crippen molar-refractivity contribution in [2.75, 3.05) is 6.61 Å². The van der Waals surface area contributed by atoms with Crippen LogP contribution in [0.4, 0.5) is 0 Å². The topological polar surface area (TPSA) is 47.0 Å². The molecule has 0 bridgehead atoms. The van der Waals surface area contributed by atoms with Crippen LogP contribution in [0.3, 0.4) is 0 Å². The van der Waals surface area contributed by atoms with Gasteiger partial charge in [-0.2, -0.15) is 0 Å². The molecule has 1 fully saturated rings. The lowest BCUT2D eigenvalue weighted by molar-refractivity contribution is 0.0161. The molecule has 4 nitrogen and oxygen atoms in total. The molecule has 1 saturated heterocycles. The summed E-state index contributed by atoms with van der Waals surface area (Å²) in [4.78, 5) is 0. The fourth-order valence-corrected chi connectivity index (χ4v) is 2.70. The molecule has 2 rings (SSSR count). The Morgan fingerprint density at radius 3 is 2.94 bits per heavy atom. The fraction of sp³-hybridized carbons (Fsp3) is 0.818. The van der Waals surface area contributed by atoms with Gasteiger partial charge in [0, 0.05) is 19.2 Å². The molecule has 1 aromatic heterocycles. The highest BCUT2D eigenvalue weighted by Crippen LogP contribution is 2.36. The molecule has 1 aliphatic rings. The van der Waals surface area contributed by atoms with E-state index in [1.165, 1.54) is 0 Å². The van der Waals surface area contributed by atoms with E-state index in [9.17, 15) is 0 Å². The van der Waals surface area contributed by atoms with E-state index >= 15 is 0 Å². The largest absolute Gasteiger partial charge is 0.368 e. The van der Waals surface area contributed by atoms with Crippen LogP contribution in [0.15, 0.2) is 0 Å². The zero-order valence-corrected chi connectivity index (χ0v) is 10.9. The molecule has 1 aromatic rings. The van der Waals surface area contributed by atoms with E-state index in [-0.39, 0.29) is 5.60 Å². The quantitative estimate of drug-likeness (QED) is 0.876. The predicted octanol–water partition coefficient (Wildman–Crippen LogP) is 2.06. The lowest BCUT2D eigenvalue weighted by Crippen LogP contribution is -2.21. The number of aromatic nitrogens is 2. The van der Waals surface area contributed by atoms with Crippen LogP contribution in [0.5, 0.6) is 0 Å². The lowest BCUT2D eigenvalue weighted by atomic mass is 10.0. The molecule has 0 aromatic carbocycles. The van der Waals surface area contributed by atoms with Crippen molar-refractivity contribution >= 4 is 11.3 Å². The number of ether oxygens (including phenoxy) is 1. The van der Waals surface area contributed by atoms with Gasteiger partial charge in [-0.25, -0.2) is 0 Å². The number of nitrogens with one attached hydrogen (secondary N) is 1. The molecule has 90 valence electrons. The highest BCUT2D eigenvalue weighted by molar-refractivity contribution is 7.11. The summed E-state index contributed by atoms with van der Waals surface area (Å²) in [6.45, 7) is 8.01. The van der Waals surface area contributed by atoms with Crippen molar-refractivity contribution in [1.82, 2.24) is 15.5 Å². The molecule has 1 unspecified atom stereocenters. The number of rotatable bonds is 4. The third kappa shape index (κ3) is 2.59. The maximum Gasteiger partial charge on any atom is 0.149 e. The van der Waals surface area contributed by atoms with Gasteiger partial charge in [0.1, 0.15) is 15.6 Å². The van der Waals surface area contributed by atoms with Gasteiger partial charge in [0.25, 0.3) is 0 Å². The van der Waals surface area contributed by atoms with Gasteiger partial charge in [-0.3, -0.25) is 0 Å². The van der Waals surface area contributed by atoms with Crippen molar-refractivity contribution in [2.45, 2.75) is 51.8 Å². The molecular formula is C11H19N3OS. The second-order valence-corrected chi connectivity index (χ2v) is 5.78. The van der Waals surface area contributed by atoms with Gasteiger partial charge in [0.2, 0.25) is 0 Å². The first-order valence-corrected chi connectivity index (χ1v) is 6.62. The highest BCUT2D eigenvalue weighted by atomic mass is 32.1. The van der Waals surface area contributed by atoms with Crippen LogP contribution in [0.2, 0.25) is 0 Å². The molecule has 16 heavy (non-hydrogen) atoms. The Balaban J connectivity index is 2.01. The molecule has 0 spiro atoms. The zero-order chi connectivity index (χ0) is 11.6. The summed E-state index contributed by atoms with van der Waals surface area (Å²) in [5, 5.41) is 13.9. The van der Waals surface area contributed by atoms with E-state index in [2.05, 4.69) is 36.3 Å². The van der Waals surface area contributed by atoms with Crippen LogP contribution in [0.1, 0.15) is 43.6 Å². The third-order valence-corrected chi connectivity index (χ3v) is 3.97. The minimum absolute atomic E-state index is 0.187. The maximum atomic E-state index is 5.75. The average Bonchev–Trinajstić information content (AvgIpc) is 2.84. The van der Waals surface area contributed by atoms with E-state index in [1.807, 2.05) is 0 Å². The van der Waals surface area contributed by atoms with Crippen LogP contribution in [-0.4, -0.2) is 22.8 Å². The van der Waals surface area contributed by atoms with Crippen molar-refractivity contribution in [2.24, 2.45) is 0 Å². The van der Waals surface area contributed by atoms with E-state index in [4.69, 9.17) is 4.74 Å². The van der Waals surface area contributed by atoms with Gasteiger partial charge in [0.15, 0.2) is 0 Å². The van der Waals surface area contributed by atoms with E-state index < -0.39 is 0 Å². The Bertz CT molecular complexity index is 345. The minimum Gasteiger partial charge on any atom is -0.368 e. The van der Waals surface area contributed by atoms with Crippen LogP contribution in [0.25, 0.3) is 0 Å². The van der Waals surface area contributed by atoms with Crippen LogP contribution < -0.4 is 5.32 Å². The summed E-state index contributed by atoms with van der Waals surface area (Å²) in [6.07, 6.45) is 2.18. The lowest BCUT2D eigenvalue weighted by Gasteiger charge is -2.18. The smallest absolute Gasteiger partial charge is 0.149 e. The molecule has 1 aliphatic heterocycles. The number of hydrogen-bond acceptors (Lipinski definition) is 5. The van der Waals surface area contributed by atoms with E-state index in [1.54, 1.807) is 11.3 Å². The summed E-state index contributed by atoms with van der Waals surface area (Å²) in [5.41, 5.74) is -0.187. The molecule has 0 radical (unpaired) electrons. The van der Waals surface area contributed by atoms with Gasteiger partial charge in [-0.1, -0.05) is 25.2 Å². The minimum atomic E-state index is -0.187. The molecule has 5 heteroatoms. The van der Waals surface area contributed by atoms with Gasteiger partial charge >= 0.3 is 0 Å². The Labute approximate surface area is 100 Å². The first-order chi connectivity index (χ1) is 7.60. The van der Waals surface area contributed by atoms with Gasteiger partial charge < -0.3 is 10.1 Å². The molecule has 0 amide bonds. The van der Waals surface area contributed by atoms with Gasteiger partial charge in [0.05, 0.1) is 0 Å². The maximum absolute atomic E-state index is 5.75. The zero-order valence-electron chi connectivity index (χ0n) is 10.1. The summed E-state index contributed by atoms with van der Waals surface area (Å²) >= 11 is 1.66. The normalized spacial score (nSPS) is 25.5. The Kier molecular flexibility index (Phi) is 3.56. The molecular weight excluding hydrogens is 222 g/mol. The van der Waals surface area contributed by atoms with Gasteiger partial charge in [-0.15, -0.1) is 10.2 Å². The molecule has 0 saturated carbocycles. The van der Waals surface area contributed by atoms with Crippen LogP contribution in [-0.2, 0) is 16.9 Å². The number of hydrogen-bond donors (Lipinski definition) is 1. The van der Waals surface area contributed by atoms with Gasteiger partial charge in [-0.05, 0) is 19.8 Å². The summed E-state index contributed by atoms with van der Waals surface area (Å²) in [6, 6.07) is 0.477. The highest BCUT2D eigenvalue weighted by Gasteiger charge is 2.35. The van der Waals surface area contributed by atoms with E-state index in [0.29, 0.717) is 6.04 Å². The van der Waals surface area contributed by atoms with E-state index in [0.717, 1.165) is 36.0 Å². The first-order valence-electron chi connectivity index (χ1n) is 5.80. The Morgan fingerprint density at radius 1 is 1.50 bits per heavy atom. The van der Waals surface area contributed by atoms with Crippen molar-refractivity contribution in [3.05, 3.63) is 10.0 Å². The number of nitrogens with zero attached hydrogens (tertiary/aromatic N) is 2. The molecule has 1 N–H and O–H groups in total. The van der Waals surface area contributed by atoms with Crippen molar-refractivity contribution in [3.63, 3.8) is 0 Å². The van der Waals surface area contributed by atoms with Crippen molar-refractivity contribution in [3.8, 4) is 0 Å². The SMILES string of the molecule is CC(C)NCc1nnc(C2(C)CCCO2)s1. The standard InChI is InChI=1S/C11H19N3OS/c1-8(2)12-7-9-13-14-10(16-9)11(3)5-4-6-15-11/h8,12H,4-7H2,1-3H3. The average molecular weight is 241 g/mol. The monoisotopic (exact) mass is 241 g/mol. The summed E-state index contributed by atoms with van der Waals surface area (Å²) in [5.74, 6) is 0. The second-order valence-electron chi connectivity index (χ2n) is 4.72. The predicted molar refractivity (Wildman–Crippen MR) is 64.4 cm³/mol. The van der Waals surface area contributed by atoms with Crippen molar-refractivity contribution < 1.29 is 4.74 Å². The van der Waals surface area contributed by atoms with Crippen LogP contribution in [0, 0.1) is 0 Å². The fourth-order valence-electron chi connectivity index (χ4n) is 1.78. The third-order valence-electron chi connectivity index (χ3n) is 2.80. The molecule has 1 atom stereocenters. The first kappa shape index (κ1) is 12.0.